The Kier molecular flexibility index (Phi) is 5.42. The number of piperidine rings is 1. The second-order valence-electron chi connectivity index (χ2n) is 4.76. The standard InChI is InChI=1S/C14H24NO2/c1-4-9-13(14(16)17-3)15(10-5-2)11-7-6-8-12-15/h4-5,13H,1-2,6-12H2,3H3/q+1/t13-/m1/s1. The van der Waals surface area contributed by atoms with E-state index in [1.807, 2.05) is 12.2 Å². The minimum Gasteiger partial charge on any atom is -0.465 e. The maximum Gasteiger partial charge on any atom is 0.365 e. The van der Waals surface area contributed by atoms with Crippen LogP contribution in [-0.2, 0) is 9.53 Å². The molecule has 0 aromatic carbocycles. The zero-order valence-corrected chi connectivity index (χ0v) is 10.9. The summed E-state index contributed by atoms with van der Waals surface area (Å²) >= 11 is 0. The van der Waals surface area contributed by atoms with Gasteiger partial charge in [-0.3, -0.25) is 0 Å². The first-order valence-electron chi connectivity index (χ1n) is 6.35. The summed E-state index contributed by atoms with van der Waals surface area (Å²) in [5.74, 6) is -0.117. The van der Waals surface area contributed by atoms with Crippen LogP contribution >= 0.6 is 0 Å². The van der Waals surface area contributed by atoms with Crippen molar-refractivity contribution in [1.29, 1.82) is 0 Å². The fraction of sp³-hybridized carbons (Fsp3) is 0.643. The van der Waals surface area contributed by atoms with Crippen molar-refractivity contribution in [2.75, 3.05) is 26.7 Å². The second-order valence-corrected chi connectivity index (χ2v) is 4.76. The van der Waals surface area contributed by atoms with Crippen molar-refractivity contribution in [1.82, 2.24) is 0 Å². The van der Waals surface area contributed by atoms with Crippen LogP contribution in [0.3, 0.4) is 0 Å². The average molecular weight is 238 g/mol. The van der Waals surface area contributed by atoms with Gasteiger partial charge in [-0.2, -0.15) is 0 Å². The molecule has 96 valence electrons. The summed E-state index contributed by atoms with van der Waals surface area (Å²) in [6.07, 6.45) is 8.04. The Labute approximate surface area is 104 Å². The van der Waals surface area contributed by atoms with Gasteiger partial charge in [0, 0.05) is 6.42 Å². The summed E-state index contributed by atoms with van der Waals surface area (Å²) in [4.78, 5) is 12.0. The van der Waals surface area contributed by atoms with Crippen molar-refractivity contribution in [3.8, 4) is 0 Å². The van der Waals surface area contributed by atoms with E-state index in [2.05, 4.69) is 13.2 Å². The van der Waals surface area contributed by atoms with Gasteiger partial charge in [0.05, 0.1) is 26.7 Å². The second kappa shape index (κ2) is 6.60. The highest BCUT2D eigenvalue weighted by molar-refractivity contribution is 5.74. The minimum absolute atomic E-state index is 0.115. The van der Waals surface area contributed by atoms with E-state index in [1.165, 1.54) is 26.4 Å². The molecule has 1 aliphatic heterocycles. The largest absolute Gasteiger partial charge is 0.465 e. The molecule has 0 radical (unpaired) electrons. The molecule has 1 fully saturated rings. The molecule has 0 N–H and O–H groups in total. The Balaban J connectivity index is 2.93. The van der Waals surface area contributed by atoms with Crippen LogP contribution in [0.1, 0.15) is 25.7 Å². The van der Waals surface area contributed by atoms with Crippen LogP contribution in [0.5, 0.6) is 0 Å². The molecule has 0 aromatic rings. The highest BCUT2D eigenvalue weighted by Crippen LogP contribution is 2.26. The molecule has 3 nitrogen and oxygen atoms in total. The molecule has 0 amide bonds. The van der Waals surface area contributed by atoms with Crippen molar-refractivity contribution >= 4 is 5.97 Å². The van der Waals surface area contributed by atoms with Gasteiger partial charge in [0.1, 0.15) is 0 Å². The minimum atomic E-state index is -0.117. The van der Waals surface area contributed by atoms with Gasteiger partial charge in [-0.15, -0.1) is 6.58 Å². The average Bonchev–Trinajstić information content (AvgIpc) is 2.36. The first-order chi connectivity index (χ1) is 8.20. The summed E-state index contributed by atoms with van der Waals surface area (Å²) in [6, 6.07) is -0.115. The molecule has 0 aromatic heterocycles. The van der Waals surface area contributed by atoms with E-state index in [0.717, 1.165) is 24.1 Å². The molecule has 0 aliphatic carbocycles. The fourth-order valence-electron chi connectivity index (χ4n) is 2.86. The van der Waals surface area contributed by atoms with Crippen LogP contribution < -0.4 is 0 Å². The Morgan fingerprint density at radius 3 is 2.41 bits per heavy atom. The third-order valence-electron chi connectivity index (χ3n) is 3.72. The zero-order chi connectivity index (χ0) is 12.7. The normalized spacial score (nSPS) is 20.3. The number of rotatable bonds is 6. The van der Waals surface area contributed by atoms with Crippen molar-refractivity contribution in [3.05, 3.63) is 25.3 Å². The van der Waals surface area contributed by atoms with Gasteiger partial charge in [0.15, 0.2) is 6.04 Å². The van der Waals surface area contributed by atoms with Gasteiger partial charge in [-0.05, 0) is 25.3 Å². The molecule has 0 unspecified atom stereocenters. The number of nitrogens with zero attached hydrogens (tertiary/aromatic N) is 1. The van der Waals surface area contributed by atoms with Crippen molar-refractivity contribution in [2.45, 2.75) is 31.7 Å². The lowest BCUT2D eigenvalue weighted by molar-refractivity contribution is -0.942. The lowest BCUT2D eigenvalue weighted by Gasteiger charge is -2.45. The number of carbonyl (C=O) groups is 1. The van der Waals surface area contributed by atoms with Gasteiger partial charge < -0.3 is 9.22 Å². The fourth-order valence-corrected chi connectivity index (χ4v) is 2.86. The predicted molar refractivity (Wildman–Crippen MR) is 69.5 cm³/mol. The molecular weight excluding hydrogens is 214 g/mol. The number of hydrogen-bond acceptors (Lipinski definition) is 2. The third-order valence-corrected chi connectivity index (χ3v) is 3.72. The highest BCUT2D eigenvalue weighted by Gasteiger charge is 2.41. The van der Waals surface area contributed by atoms with Crippen LogP contribution in [0.25, 0.3) is 0 Å². The third kappa shape index (κ3) is 3.19. The van der Waals surface area contributed by atoms with Crippen LogP contribution in [0, 0.1) is 0 Å². The number of quaternary nitrogens is 1. The summed E-state index contributed by atoms with van der Waals surface area (Å²) in [5, 5.41) is 0. The Hall–Kier alpha value is -1.09. The molecule has 17 heavy (non-hydrogen) atoms. The SMILES string of the molecule is C=CC[C@H](C(=O)OC)[N+]1(CC=C)CCCCC1. The summed E-state index contributed by atoms with van der Waals surface area (Å²) < 4.78 is 5.75. The quantitative estimate of drug-likeness (QED) is 0.403. The smallest absolute Gasteiger partial charge is 0.365 e. The number of hydrogen-bond donors (Lipinski definition) is 0. The molecule has 1 rings (SSSR count). The van der Waals surface area contributed by atoms with Crippen LogP contribution in [0.2, 0.25) is 0 Å². The maximum atomic E-state index is 12.0. The summed E-state index contributed by atoms with van der Waals surface area (Å²) in [5.41, 5.74) is 0. The Morgan fingerprint density at radius 2 is 1.94 bits per heavy atom. The molecule has 0 saturated carbocycles. The molecule has 0 bridgehead atoms. The lowest BCUT2D eigenvalue weighted by Crippen LogP contribution is -2.61. The summed E-state index contributed by atoms with van der Waals surface area (Å²) in [6.45, 7) is 10.5. The van der Waals surface area contributed by atoms with E-state index in [1.54, 1.807) is 0 Å². The van der Waals surface area contributed by atoms with E-state index in [0.29, 0.717) is 6.42 Å². The molecule has 1 atom stereocenters. The molecule has 1 heterocycles. The first kappa shape index (κ1) is 14.0. The van der Waals surface area contributed by atoms with Gasteiger partial charge in [-0.25, -0.2) is 4.79 Å². The molecule has 3 heteroatoms. The van der Waals surface area contributed by atoms with E-state index in [9.17, 15) is 4.79 Å². The van der Waals surface area contributed by atoms with E-state index < -0.39 is 0 Å². The number of likely N-dealkylation sites (tertiary alicyclic amines) is 1. The molecule has 1 saturated heterocycles. The molecular formula is C14H24NO2+. The Morgan fingerprint density at radius 1 is 1.29 bits per heavy atom. The monoisotopic (exact) mass is 238 g/mol. The Bertz CT molecular complexity index is 280. The van der Waals surface area contributed by atoms with Gasteiger partial charge in [0.2, 0.25) is 0 Å². The molecule has 1 aliphatic rings. The van der Waals surface area contributed by atoms with Crippen molar-refractivity contribution in [3.63, 3.8) is 0 Å². The maximum absolute atomic E-state index is 12.0. The van der Waals surface area contributed by atoms with Crippen LogP contribution in [-0.4, -0.2) is 43.2 Å². The first-order valence-corrected chi connectivity index (χ1v) is 6.35. The zero-order valence-electron chi connectivity index (χ0n) is 10.9. The van der Waals surface area contributed by atoms with Gasteiger partial charge in [0.25, 0.3) is 0 Å². The number of methoxy groups -OCH3 is 1. The van der Waals surface area contributed by atoms with Gasteiger partial charge in [-0.1, -0.05) is 12.7 Å². The van der Waals surface area contributed by atoms with Crippen LogP contribution in [0.4, 0.5) is 0 Å². The lowest BCUT2D eigenvalue weighted by atomic mass is 10.0. The number of carbonyl (C=O) groups excluding carboxylic acids is 1. The van der Waals surface area contributed by atoms with E-state index >= 15 is 0 Å². The van der Waals surface area contributed by atoms with E-state index in [-0.39, 0.29) is 12.0 Å². The van der Waals surface area contributed by atoms with Gasteiger partial charge >= 0.3 is 5.97 Å². The molecule has 0 spiro atoms. The predicted octanol–water partition coefficient (Wildman–Crippen LogP) is 2.29. The highest BCUT2D eigenvalue weighted by atomic mass is 16.5. The van der Waals surface area contributed by atoms with Crippen molar-refractivity contribution < 1.29 is 14.0 Å². The van der Waals surface area contributed by atoms with E-state index in [4.69, 9.17) is 4.74 Å². The topological polar surface area (TPSA) is 26.3 Å². The van der Waals surface area contributed by atoms with Crippen molar-refractivity contribution in [2.24, 2.45) is 0 Å². The van der Waals surface area contributed by atoms with Crippen LogP contribution in [0.15, 0.2) is 25.3 Å². The summed E-state index contributed by atoms with van der Waals surface area (Å²) in [7, 11) is 1.47. The number of esters is 1. The number of ether oxygens (including phenoxy) is 1.